The van der Waals surface area contributed by atoms with Crippen molar-refractivity contribution in [1.82, 2.24) is 10.2 Å². The third-order valence-corrected chi connectivity index (χ3v) is 3.17. The molecule has 2 heterocycles. The number of hydrogen-bond donors (Lipinski definition) is 0. The summed E-state index contributed by atoms with van der Waals surface area (Å²) in [6.45, 7) is 9.52. The van der Waals surface area contributed by atoms with E-state index in [1.54, 1.807) is 0 Å². The summed E-state index contributed by atoms with van der Waals surface area (Å²) in [6, 6.07) is 0. The van der Waals surface area contributed by atoms with Crippen molar-refractivity contribution in [2.24, 2.45) is 0 Å². The molecule has 0 fully saturated rings. The Morgan fingerprint density at radius 1 is 1.24 bits per heavy atom. The summed E-state index contributed by atoms with van der Waals surface area (Å²) in [4.78, 5) is 0. The highest BCUT2D eigenvalue weighted by Gasteiger charge is 2.28. The van der Waals surface area contributed by atoms with Crippen LogP contribution in [0.4, 0.5) is 0 Å². The number of nitrogens with zero attached hydrogens (tertiary/aromatic N) is 2. The van der Waals surface area contributed by atoms with Gasteiger partial charge in [0.25, 0.3) is 0 Å². The first-order chi connectivity index (χ1) is 8.04. The van der Waals surface area contributed by atoms with Gasteiger partial charge >= 0.3 is 0 Å². The van der Waals surface area contributed by atoms with Gasteiger partial charge in [-0.1, -0.05) is 34.1 Å². The van der Waals surface area contributed by atoms with Crippen molar-refractivity contribution < 1.29 is 4.74 Å². The molecule has 0 spiro atoms. The highest BCUT2D eigenvalue weighted by atomic mass is 16.5. The lowest BCUT2D eigenvalue weighted by Crippen LogP contribution is -2.17. The molecule has 1 aromatic heterocycles. The Labute approximate surface area is 104 Å². The molecule has 0 saturated heterocycles. The number of unbranched alkanes of at least 4 members (excludes halogenated alkanes) is 1. The van der Waals surface area contributed by atoms with Crippen molar-refractivity contribution in [3.05, 3.63) is 17.0 Å². The molecule has 94 valence electrons. The smallest absolute Gasteiger partial charge is 0.147 e. The minimum atomic E-state index is 0.0497. The fourth-order valence-electron chi connectivity index (χ4n) is 2.27. The van der Waals surface area contributed by atoms with Crippen molar-refractivity contribution in [1.29, 1.82) is 0 Å². The van der Waals surface area contributed by atoms with Crippen LogP contribution >= 0.6 is 0 Å². The van der Waals surface area contributed by atoms with Crippen LogP contribution in [-0.2, 0) is 18.3 Å². The lowest BCUT2D eigenvalue weighted by atomic mass is 9.87. The molecule has 0 amide bonds. The van der Waals surface area contributed by atoms with E-state index in [1.165, 1.54) is 12.0 Å². The SMILES string of the molecule is CCCCc1nnc(C(C)(C)C)c2c1OCC2. The Kier molecular flexibility index (Phi) is 3.36. The molecule has 0 aliphatic carbocycles. The van der Waals surface area contributed by atoms with Crippen LogP contribution in [0.2, 0.25) is 0 Å². The van der Waals surface area contributed by atoms with Gasteiger partial charge in [0.15, 0.2) is 0 Å². The summed E-state index contributed by atoms with van der Waals surface area (Å²) < 4.78 is 5.76. The zero-order chi connectivity index (χ0) is 12.5. The van der Waals surface area contributed by atoms with Gasteiger partial charge in [-0.05, 0) is 12.8 Å². The van der Waals surface area contributed by atoms with Crippen molar-refractivity contribution in [2.45, 2.75) is 58.8 Å². The highest BCUT2D eigenvalue weighted by molar-refractivity contribution is 5.44. The fraction of sp³-hybridized carbons (Fsp3) is 0.714. The Balaban J connectivity index is 2.39. The van der Waals surface area contributed by atoms with Gasteiger partial charge in [-0.2, -0.15) is 10.2 Å². The average molecular weight is 234 g/mol. The van der Waals surface area contributed by atoms with Crippen molar-refractivity contribution in [2.75, 3.05) is 6.61 Å². The zero-order valence-electron chi connectivity index (χ0n) is 11.3. The largest absolute Gasteiger partial charge is 0.491 e. The molecule has 0 radical (unpaired) electrons. The number of hydrogen-bond acceptors (Lipinski definition) is 3. The third-order valence-electron chi connectivity index (χ3n) is 3.17. The molecule has 17 heavy (non-hydrogen) atoms. The molecule has 1 aromatic rings. The lowest BCUT2D eigenvalue weighted by Gasteiger charge is -2.20. The second-order valence-electron chi connectivity index (χ2n) is 5.75. The van der Waals surface area contributed by atoms with Crippen LogP contribution in [0.15, 0.2) is 0 Å². The molecule has 0 aromatic carbocycles. The van der Waals surface area contributed by atoms with Crippen LogP contribution in [0.3, 0.4) is 0 Å². The minimum absolute atomic E-state index is 0.0497. The molecule has 0 unspecified atom stereocenters. The Bertz CT molecular complexity index is 407. The quantitative estimate of drug-likeness (QED) is 0.806. The predicted octanol–water partition coefficient (Wildman–Crippen LogP) is 3.05. The second kappa shape index (κ2) is 4.63. The van der Waals surface area contributed by atoms with Crippen LogP contribution in [0.1, 0.15) is 57.5 Å². The van der Waals surface area contributed by atoms with E-state index in [-0.39, 0.29) is 5.41 Å². The average Bonchev–Trinajstić information content (AvgIpc) is 2.72. The van der Waals surface area contributed by atoms with Crippen molar-refractivity contribution >= 4 is 0 Å². The number of ether oxygens (including phenoxy) is 1. The van der Waals surface area contributed by atoms with E-state index in [0.717, 1.165) is 43.0 Å². The first-order valence-electron chi connectivity index (χ1n) is 6.55. The topological polar surface area (TPSA) is 35.0 Å². The van der Waals surface area contributed by atoms with E-state index in [0.29, 0.717) is 0 Å². The monoisotopic (exact) mass is 234 g/mol. The molecule has 0 N–H and O–H groups in total. The molecule has 2 rings (SSSR count). The molecule has 0 saturated carbocycles. The summed E-state index contributed by atoms with van der Waals surface area (Å²) in [5.41, 5.74) is 3.49. The van der Waals surface area contributed by atoms with Gasteiger partial charge < -0.3 is 4.74 Å². The van der Waals surface area contributed by atoms with Gasteiger partial charge in [-0.3, -0.25) is 0 Å². The maximum atomic E-state index is 5.76. The van der Waals surface area contributed by atoms with Gasteiger partial charge in [0, 0.05) is 17.4 Å². The second-order valence-corrected chi connectivity index (χ2v) is 5.75. The van der Waals surface area contributed by atoms with Crippen molar-refractivity contribution in [3.63, 3.8) is 0 Å². The first kappa shape index (κ1) is 12.3. The van der Waals surface area contributed by atoms with E-state index >= 15 is 0 Å². The molecule has 3 nitrogen and oxygen atoms in total. The maximum absolute atomic E-state index is 5.76. The van der Waals surface area contributed by atoms with Gasteiger partial charge in [-0.25, -0.2) is 0 Å². The van der Waals surface area contributed by atoms with Gasteiger partial charge in [0.05, 0.1) is 12.3 Å². The van der Waals surface area contributed by atoms with Crippen LogP contribution < -0.4 is 4.74 Å². The van der Waals surface area contributed by atoms with Gasteiger partial charge in [0.1, 0.15) is 11.4 Å². The molecular formula is C14H22N2O. The van der Waals surface area contributed by atoms with Crippen LogP contribution in [-0.4, -0.2) is 16.8 Å². The van der Waals surface area contributed by atoms with Crippen LogP contribution in [0.25, 0.3) is 0 Å². The number of aromatic nitrogens is 2. The fourth-order valence-corrected chi connectivity index (χ4v) is 2.27. The van der Waals surface area contributed by atoms with E-state index in [2.05, 4.69) is 37.9 Å². The minimum Gasteiger partial charge on any atom is -0.491 e. The van der Waals surface area contributed by atoms with Crippen LogP contribution in [0, 0.1) is 0 Å². The zero-order valence-corrected chi connectivity index (χ0v) is 11.3. The summed E-state index contributed by atoms with van der Waals surface area (Å²) in [6.07, 6.45) is 4.30. The Hall–Kier alpha value is -1.12. The van der Waals surface area contributed by atoms with E-state index in [4.69, 9.17) is 4.74 Å². The number of rotatable bonds is 3. The summed E-state index contributed by atoms with van der Waals surface area (Å²) in [5, 5.41) is 8.82. The Morgan fingerprint density at radius 3 is 2.65 bits per heavy atom. The molecule has 3 heteroatoms. The summed E-state index contributed by atoms with van der Waals surface area (Å²) >= 11 is 0. The van der Waals surface area contributed by atoms with E-state index in [9.17, 15) is 0 Å². The highest BCUT2D eigenvalue weighted by Crippen LogP contribution is 2.35. The normalized spacial score (nSPS) is 14.6. The standard InChI is InChI=1S/C14H22N2O/c1-5-6-7-11-12-10(8-9-17-12)13(16-15-11)14(2,3)4/h5-9H2,1-4H3. The van der Waals surface area contributed by atoms with Crippen LogP contribution in [0.5, 0.6) is 5.75 Å². The number of fused-ring (bicyclic) bond motifs is 1. The van der Waals surface area contributed by atoms with E-state index < -0.39 is 0 Å². The number of aryl methyl sites for hydroxylation is 1. The van der Waals surface area contributed by atoms with E-state index in [1.807, 2.05) is 0 Å². The summed E-state index contributed by atoms with van der Waals surface area (Å²) in [5.74, 6) is 1.03. The van der Waals surface area contributed by atoms with Gasteiger partial charge in [-0.15, -0.1) is 0 Å². The summed E-state index contributed by atoms with van der Waals surface area (Å²) in [7, 11) is 0. The maximum Gasteiger partial charge on any atom is 0.147 e. The van der Waals surface area contributed by atoms with Gasteiger partial charge in [0.2, 0.25) is 0 Å². The predicted molar refractivity (Wildman–Crippen MR) is 68.5 cm³/mol. The molecule has 1 aliphatic heterocycles. The Morgan fingerprint density at radius 2 is 2.00 bits per heavy atom. The lowest BCUT2D eigenvalue weighted by molar-refractivity contribution is 0.350. The van der Waals surface area contributed by atoms with Crippen molar-refractivity contribution in [3.8, 4) is 5.75 Å². The molecule has 1 aliphatic rings. The molecule has 0 atom stereocenters. The first-order valence-corrected chi connectivity index (χ1v) is 6.55. The molecular weight excluding hydrogens is 212 g/mol. The molecule has 0 bridgehead atoms. The third kappa shape index (κ3) is 2.43.